The lowest BCUT2D eigenvalue weighted by Gasteiger charge is -2.33. The Hall–Kier alpha value is -2.24. The largest absolute Gasteiger partial charge is 0.508 e. The van der Waals surface area contributed by atoms with Gasteiger partial charge in [0.2, 0.25) is 0 Å². The van der Waals surface area contributed by atoms with E-state index >= 15 is 0 Å². The zero-order valence-corrected chi connectivity index (χ0v) is 10.5. The second-order valence-electron chi connectivity index (χ2n) is 4.30. The summed E-state index contributed by atoms with van der Waals surface area (Å²) in [6, 6.07) is 4.45. The first-order chi connectivity index (χ1) is 9.02. The van der Waals surface area contributed by atoms with E-state index in [-0.39, 0.29) is 24.6 Å². The van der Waals surface area contributed by atoms with E-state index < -0.39 is 12.1 Å². The molecule has 2 rings (SSSR count). The van der Waals surface area contributed by atoms with E-state index in [0.29, 0.717) is 17.9 Å². The van der Waals surface area contributed by atoms with Gasteiger partial charge in [-0.05, 0) is 18.6 Å². The van der Waals surface area contributed by atoms with Gasteiger partial charge in [-0.1, -0.05) is 6.92 Å². The molecule has 1 unspecified atom stereocenters. The predicted molar refractivity (Wildman–Crippen MR) is 67.4 cm³/mol. The highest BCUT2D eigenvalue weighted by Gasteiger charge is 2.33. The van der Waals surface area contributed by atoms with Crippen LogP contribution in [0.1, 0.15) is 19.8 Å². The number of phenols is 1. The number of rotatable bonds is 4. The maximum Gasteiger partial charge on any atom is 0.305 e. The van der Waals surface area contributed by atoms with Gasteiger partial charge in [-0.2, -0.15) is 0 Å². The van der Waals surface area contributed by atoms with Crippen molar-refractivity contribution in [3.63, 3.8) is 0 Å². The third-order valence-electron chi connectivity index (χ3n) is 2.96. The first kappa shape index (κ1) is 13.2. The maximum atomic E-state index is 12.2. The van der Waals surface area contributed by atoms with Gasteiger partial charge in [-0.15, -0.1) is 0 Å². The Morgan fingerprint density at radius 2 is 2.21 bits per heavy atom. The summed E-state index contributed by atoms with van der Waals surface area (Å²) < 4.78 is 5.54. The van der Waals surface area contributed by atoms with Crippen molar-refractivity contribution in [3.05, 3.63) is 18.2 Å². The molecular formula is C13H15NO5. The molecule has 1 aromatic rings. The van der Waals surface area contributed by atoms with Crippen LogP contribution in [-0.4, -0.2) is 34.7 Å². The number of carbonyl (C=O) groups excluding carboxylic acids is 1. The molecule has 19 heavy (non-hydrogen) atoms. The van der Waals surface area contributed by atoms with Crippen molar-refractivity contribution in [3.8, 4) is 11.5 Å². The highest BCUT2D eigenvalue weighted by Crippen LogP contribution is 2.37. The second kappa shape index (κ2) is 5.17. The smallest absolute Gasteiger partial charge is 0.305 e. The van der Waals surface area contributed by atoms with Gasteiger partial charge in [0.05, 0.1) is 12.1 Å². The number of ether oxygens (including phenoxy) is 1. The van der Waals surface area contributed by atoms with E-state index in [1.54, 1.807) is 6.07 Å². The summed E-state index contributed by atoms with van der Waals surface area (Å²) in [5, 5.41) is 18.2. The van der Waals surface area contributed by atoms with Crippen molar-refractivity contribution in [1.82, 2.24) is 0 Å². The van der Waals surface area contributed by atoms with Crippen molar-refractivity contribution >= 4 is 17.6 Å². The Morgan fingerprint density at radius 1 is 1.47 bits per heavy atom. The average molecular weight is 265 g/mol. The van der Waals surface area contributed by atoms with E-state index in [4.69, 9.17) is 9.84 Å². The fraction of sp³-hybridized carbons (Fsp3) is 0.385. The molecule has 0 bridgehead atoms. The zero-order valence-electron chi connectivity index (χ0n) is 10.5. The fourth-order valence-electron chi connectivity index (χ4n) is 2.01. The van der Waals surface area contributed by atoms with Crippen molar-refractivity contribution in [2.24, 2.45) is 0 Å². The minimum Gasteiger partial charge on any atom is -0.508 e. The summed E-state index contributed by atoms with van der Waals surface area (Å²) in [4.78, 5) is 24.2. The topological polar surface area (TPSA) is 87.1 Å². The van der Waals surface area contributed by atoms with Gasteiger partial charge < -0.3 is 19.8 Å². The van der Waals surface area contributed by atoms with Gasteiger partial charge in [0, 0.05) is 12.6 Å². The minimum atomic E-state index is -0.978. The number of nitrogens with zero attached hydrogens (tertiary/aromatic N) is 1. The normalized spacial score (nSPS) is 17.8. The van der Waals surface area contributed by atoms with E-state index in [2.05, 4.69) is 0 Å². The van der Waals surface area contributed by atoms with Crippen LogP contribution >= 0.6 is 0 Å². The highest BCUT2D eigenvalue weighted by molar-refractivity contribution is 6.00. The Bertz CT molecular complexity index is 514. The van der Waals surface area contributed by atoms with Crippen LogP contribution in [0.4, 0.5) is 5.69 Å². The predicted octanol–water partition coefficient (Wildman–Crippen LogP) is 1.37. The molecular weight excluding hydrogens is 250 g/mol. The molecule has 0 spiro atoms. The van der Waals surface area contributed by atoms with Crippen molar-refractivity contribution in [2.75, 3.05) is 11.4 Å². The molecule has 2 N–H and O–H groups in total. The quantitative estimate of drug-likeness (QED) is 0.858. The lowest BCUT2D eigenvalue weighted by atomic mass is 10.1. The van der Waals surface area contributed by atoms with E-state index in [1.165, 1.54) is 17.0 Å². The van der Waals surface area contributed by atoms with Crippen LogP contribution in [0.5, 0.6) is 11.5 Å². The molecule has 1 aromatic carbocycles. The molecule has 1 aliphatic rings. The number of amides is 1. The molecule has 0 saturated heterocycles. The standard InChI is InChI=1S/C13H15NO5/c1-2-10-13(18)14(6-5-12(16)17)9-7-8(15)3-4-11(9)19-10/h3-4,7,10,15H,2,5-6H2,1H3,(H,16,17). The Kier molecular flexibility index (Phi) is 3.59. The Labute approximate surface area is 110 Å². The first-order valence-electron chi connectivity index (χ1n) is 6.05. The Morgan fingerprint density at radius 3 is 2.84 bits per heavy atom. The van der Waals surface area contributed by atoms with Crippen LogP contribution in [0.3, 0.4) is 0 Å². The number of carbonyl (C=O) groups is 2. The number of phenolic OH excluding ortho intramolecular Hbond substituents is 1. The average Bonchev–Trinajstić information content (AvgIpc) is 2.37. The number of benzene rings is 1. The summed E-state index contributed by atoms with van der Waals surface area (Å²) in [6.45, 7) is 1.88. The van der Waals surface area contributed by atoms with E-state index in [1.807, 2.05) is 6.92 Å². The molecule has 0 fully saturated rings. The van der Waals surface area contributed by atoms with Crippen LogP contribution in [0.25, 0.3) is 0 Å². The minimum absolute atomic E-state index is 0.00502. The summed E-state index contributed by atoms with van der Waals surface area (Å²) >= 11 is 0. The summed E-state index contributed by atoms with van der Waals surface area (Å²) in [5.74, 6) is -0.768. The molecule has 6 nitrogen and oxygen atoms in total. The molecule has 0 radical (unpaired) electrons. The SMILES string of the molecule is CCC1Oc2ccc(O)cc2N(CCC(=O)O)C1=O. The van der Waals surface area contributed by atoms with Gasteiger partial charge in [0.15, 0.2) is 6.10 Å². The maximum absolute atomic E-state index is 12.2. The molecule has 1 amide bonds. The molecule has 0 aliphatic carbocycles. The third kappa shape index (κ3) is 2.62. The number of fused-ring (bicyclic) bond motifs is 1. The summed E-state index contributed by atoms with van der Waals surface area (Å²) in [7, 11) is 0. The van der Waals surface area contributed by atoms with Gasteiger partial charge in [-0.25, -0.2) is 0 Å². The number of aromatic hydroxyl groups is 1. The Balaban J connectivity index is 2.35. The highest BCUT2D eigenvalue weighted by atomic mass is 16.5. The number of anilines is 1. The van der Waals surface area contributed by atoms with E-state index in [9.17, 15) is 14.7 Å². The molecule has 1 atom stereocenters. The van der Waals surface area contributed by atoms with Crippen molar-refractivity contribution in [2.45, 2.75) is 25.9 Å². The summed E-state index contributed by atoms with van der Waals surface area (Å²) in [6.07, 6.45) is -0.258. The summed E-state index contributed by atoms with van der Waals surface area (Å²) in [5.41, 5.74) is 0.413. The number of carboxylic acids is 1. The first-order valence-corrected chi connectivity index (χ1v) is 6.05. The van der Waals surface area contributed by atoms with Gasteiger partial charge in [0.25, 0.3) is 5.91 Å². The monoisotopic (exact) mass is 265 g/mol. The fourth-order valence-corrected chi connectivity index (χ4v) is 2.01. The molecule has 1 heterocycles. The van der Waals surface area contributed by atoms with Crippen molar-refractivity contribution in [1.29, 1.82) is 0 Å². The van der Waals surface area contributed by atoms with E-state index in [0.717, 1.165) is 0 Å². The number of hydrogen-bond acceptors (Lipinski definition) is 4. The molecule has 1 aliphatic heterocycles. The van der Waals surface area contributed by atoms with Crippen LogP contribution in [0.2, 0.25) is 0 Å². The third-order valence-corrected chi connectivity index (χ3v) is 2.96. The lowest BCUT2D eigenvalue weighted by Crippen LogP contribution is -2.46. The number of hydrogen-bond donors (Lipinski definition) is 2. The van der Waals surface area contributed by atoms with Crippen LogP contribution in [0.15, 0.2) is 18.2 Å². The molecule has 6 heteroatoms. The number of aliphatic carboxylic acids is 1. The van der Waals surface area contributed by atoms with Crippen LogP contribution in [-0.2, 0) is 9.59 Å². The molecule has 0 saturated carbocycles. The number of carboxylic acid groups (broad SMARTS) is 1. The lowest BCUT2D eigenvalue weighted by molar-refractivity contribution is -0.136. The van der Waals surface area contributed by atoms with Gasteiger partial charge >= 0.3 is 5.97 Å². The zero-order chi connectivity index (χ0) is 14.0. The molecule has 0 aromatic heterocycles. The van der Waals surface area contributed by atoms with Gasteiger partial charge in [0.1, 0.15) is 11.5 Å². The van der Waals surface area contributed by atoms with Crippen molar-refractivity contribution < 1.29 is 24.5 Å². The van der Waals surface area contributed by atoms with Crippen LogP contribution in [0, 0.1) is 0 Å². The molecule has 102 valence electrons. The van der Waals surface area contributed by atoms with Gasteiger partial charge in [-0.3, -0.25) is 9.59 Å². The van der Waals surface area contributed by atoms with Crippen LogP contribution < -0.4 is 9.64 Å². The second-order valence-corrected chi connectivity index (χ2v) is 4.30.